The standard InChI is InChI=1S/C77H60N4O/c1-52-44-75(78-50-69(52)56-28-15-8-16-29-56)81-70-43-40-59(54-24-11-6-12-25-54)46-67(70)68-48-66(55-26-13-7-14-27-55)74(49-73(68)81)82-63-33-20-32-62(47-63)79-51-80(72-37-18-17-36-71(72)79)76-64(57-38-41-61(42-39-57)77(2,3)4)34-21-35-65(76)60-31-19-30-58(45-60)53-22-9-5-10-23-53/h5-50H,51H2,1-4H3/i20D,32D,33D. The van der Waals surface area contributed by atoms with Crippen LogP contribution in [0.2, 0.25) is 0 Å². The molecule has 0 saturated carbocycles. The van der Waals surface area contributed by atoms with E-state index in [4.69, 9.17) is 9.72 Å². The van der Waals surface area contributed by atoms with E-state index < -0.39 is 0 Å². The van der Waals surface area contributed by atoms with Crippen molar-refractivity contribution in [1.29, 1.82) is 0 Å². The number of aromatic nitrogens is 2. The highest BCUT2D eigenvalue weighted by molar-refractivity contribution is 6.12. The van der Waals surface area contributed by atoms with Crippen LogP contribution in [0.4, 0.5) is 22.7 Å². The Bertz CT molecular complexity index is 4670. The Morgan fingerprint density at radius 1 is 0.439 bits per heavy atom. The van der Waals surface area contributed by atoms with Crippen molar-refractivity contribution in [3.05, 3.63) is 290 Å². The predicted molar refractivity (Wildman–Crippen MR) is 343 cm³/mol. The van der Waals surface area contributed by atoms with Crippen molar-refractivity contribution < 1.29 is 8.85 Å². The van der Waals surface area contributed by atoms with Gasteiger partial charge in [0.15, 0.2) is 0 Å². The quantitative estimate of drug-likeness (QED) is 0.129. The molecule has 0 atom stereocenters. The maximum atomic E-state index is 9.72. The van der Waals surface area contributed by atoms with Crippen LogP contribution in [-0.2, 0) is 5.41 Å². The molecule has 0 bridgehead atoms. The second-order valence-electron chi connectivity index (χ2n) is 22.2. The third-order valence-corrected chi connectivity index (χ3v) is 16.0. The fourth-order valence-corrected chi connectivity index (χ4v) is 11.8. The molecule has 0 N–H and O–H groups in total. The van der Waals surface area contributed by atoms with Gasteiger partial charge in [-0.05, 0) is 123 Å². The summed E-state index contributed by atoms with van der Waals surface area (Å²) in [5, 5.41) is 2.06. The third-order valence-electron chi connectivity index (χ3n) is 16.0. The molecule has 394 valence electrons. The summed E-state index contributed by atoms with van der Waals surface area (Å²) in [4.78, 5) is 9.62. The van der Waals surface area contributed by atoms with Gasteiger partial charge in [-0.1, -0.05) is 227 Å². The minimum atomic E-state index is -0.232. The third kappa shape index (κ3) is 9.26. The molecule has 0 amide bonds. The van der Waals surface area contributed by atoms with E-state index >= 15 is 0 Å². The SMILES string of the molecule is [2H]c1c(Oc2cc3c(cc2-c2ccccc2)c2cc(-c4ccccc4)ccc2n3-c2cc(C)c(-c3ccccc3)cn2)cc(N2CN(c3c(-c4ccc(C(C)(C)C)cc4)cccc3-c3cccc(-c4ccccc4)c3)c3ccccc32)c([2H])c1[2H]. The van der Waals surface area contributed by atoms with Crippen LogP contribution >= 0.6 is 0 Å². The Morgan fingerprint density at radius 2 is 0.976 bits per heavy atom. The van der Waals surface area contributed by atoms with Gasteiger partial charge in [-0.25, -0.2) is 4.98 Å². The molecule has 5 nitrogen and oxygen atoms in total. The number of ether oxygens (including phenoxy) is 1. The fraction of sp³-hybridized carbons (Fsp3) is 0.0779. The van der Waals surface area contributed by atoms with E-state index in [0.717, 1.165) is 117 Å². The Labute approximate surface area is 484 Å². The Hall–Kier alpha value is -10.2. The highest BCUT2D eigenvalue weighted by Gasteiger charge is 2.32. The van der Waals surface area contributed by atoms with Gasteiger partial charge in [0.25, 0.3) is 0 Å². The number of anilines is 4. The molecule has 0 aliphatic carbocycles. The smallest absolute Gasteiger partial charge is 0.137 e. The fourth-order valence-electron chi connectivity index (χ4n) is 11.8. The van der Waals surface area contributed by atoms with E-state index in [-0.39, 0.29) is 29.3 Å². The molecular weight excluding hydrogens is 997 g/mol. The van der Waals surface area contributed by atoms with E-state index in [9.17, 15) is 4.11 Å². The Kier molecular flexibility index (Phi) is 11.8. The Balaban J connectivity index is 0.925. The molecule has 1 aliphatic rings. The molecule has 2 aromatic heterocycles. The molecule has 11 aromatic carbocycles. The van der Waals surface area contributed by atoms with Crippen molar-refractivity contribution >= 4 is 44.6 Å². The van der Waals surface area contributed by atoms with Gasteiger partial charge < -0.3 is 14.5 Å². The first kappa shape index (κ1) is 46.7. The van der Waals surface area contributed by atoms with E-state index in [1.54, 1.807) is 6.07 Å². The molecule has 1 aliphatic heterocycles. The highest BCUT2D eigenvalue weighted by Crippen LogP contribution is 2.51. The van der Waals surface area contributed by atoms with E-state index in [1.807, 2.05) is 60.8 Å². The summed E-state index contributed by atoms with van der Waals surface area (Å²) in [7, 11) is 0. The first-order valence-corrected chi connectivity index (χ1v) is 28.0. The molecule has 14 rings (SSSR count). The van der Waals surface area contributed by atoms with Crippen molar-refractivity contribution in [1.82, 2.24) is 9.55 Å². The number of benzene rings is 11. The van der Waals surface area contributed by atoms with Crippen LogP contribution in [0.25, 0.3) is 94.4 Å². The maximum absolute atomic E-state index is 9.72. The number of para-hydroxylation sites is 3. The zero-order valence-corrected chi connectivity index (χ0v) is 46.2. The normalized spacial score (nSPS) is 12.8. The van der Waals surface area contributed by atoms with Crippen LogP contribution < -0.4 is 14.5 Å². The predicted octanol–water partition coefficient (Wildman–Crippen LogP) is 20.8. The van der Waals surface area contributed by atoms with Gasteiger partial charge in [0.1, 0.15) is 24.0 Å². The summed E-state index contributed by atoms with van der Waals surface area (Å²) in [6, 6.07) is 88.3. The second-order valence-corrected chi connectivity index (χ2v) is 22.2. The molecule has 0 fully saturated rings. The second kappa shape index (κ2) is 20.8. The van der Waals surface area contributed by atoms with Gasteiger partial charge in [0.05, 0.1) is 32.2 Å². The van der Waals surface area contributed by atoms with Gasteiger partial charge >= 0.3 is 0 Å². The van der Waals surface area contributed by atoms with E-state index in [0.29, 0.717) is 18.1 Å². The highest BCUT2D eigenvalue weighted by atomic mass is 16.5. The largest absolute Gasteiger partial charge is 0.457 e. The number of hydrogen-bond acceptors (Lipinski definition) is 4. The lowest BCUT2D eigenvalue weighted by molar-refractivity contribution is 0.485. The van der Waals surface area contributed by atoms with Crippen molar-refractivity contribution in [3.8, 4) is 84.1 Å². The monoisotopic (exact) mass is 1060 g/mol. The zero-order chi connectivity index (χ0) is 57.9. The summed E-state index contributed by atoms with van der Waals surface area (Å²) in [6.45, 7) is 9.16. The molecule has 0 unspecified atom stereocenters. The van der Waals surface area contributed by atoms with Crippen LogP contribution in [0.3, 0.4) is 0 Å². The molecule has 0 saturated heterocycles. The minimum absolute atomic E-state index is 0.0209. The van der Waals surface area contributed by atoms with Crippen LogP contribution in [0.5, 0.6) is 11.5 Å². The number of hydrogen-bond donors (Lipinski definition) is 0. The first-order valence-electron chi connectivity index (χ1n) is 29.5. The Morgan fingerprint density at radius 3 is 1.63 bits per heavy atom. The van der Waals surface area contributed by atoms with Crippen LogP contribution in [0.15, 0.2) is 279 Å². The lowest BCUT2D eigenvalue weighted by Gasteiger charge is -2.28. The van der Waals surface area contributed by atoms with Crippen LogP contribution in [-0.4, -0.2) is 16.2 Å². The summed E-state index contributed by atoms with van der Waals surface area (Å²) in [5.41, 5.74) is 20.1. The topological polar surface area (TPSA) is 33.5 Å². The number of rotatable bonds is 11. The van der Waals surface area contributed by atoms with Crippen molar-refractivity contribution in [3.63, 3.8) is 0 Å². The molecule has 0 radical (unpaired) electrons. The molecule has 0 spiro atoms. The van der Waals surface area contributed by atoms with E-state index in [1.165, 1.54) is 5.56 Å². The van der Waals surface area contributed by atoms with Gasteiger partial charge in [0.2, 0.25) is 0 Å². The van der Waals surface area contributed by atoms with Crippen LogP contribution in [0.1, 0.15) is 36.0 Å². The van der Waals surface area contributed by atoms with Crippen molar-refractivity contribution in [2.45, 2.75) is 33.1 Å². The molecule has 5 heteroatoms. The number of fused-ring (bicyclic) bond motifs is 4. The number of nitrogens with zero attached hydrogens (tertiary/aromatic N) is 4. The summed E-state index contributed by atoms with van der Waals surface area (Å²) in [5.74, 6) is 1.42. The van der Waals surface area contributed by atoms with Gasteiger partial charge in [0, 0.05) is 57.0 Å². The molecule has 3 heterocycles. The van der Waals surface area contributed by atoms with Gasteiger partial charge in [-0.2, -0.15) is 0 Å². The summed E-state index contributed by atoms with van der Waals surface area (Å²) >= 11 is 0. The average molecular weight is 1060 g/mol. The zero-order valence-electron chi connectivity index (χ0n) is 49.2. The summed E-state index contributed by atoms with van der Waals surface area (Å²) in [6.07, 6.45) is 1.96. The lowest BCUT2D eigenvalue weighted by atomic mass is 9.85. The molecule has 82 heavy (non-hydrogen) atoms. The van der Waals surface area contributed by atoms with Crippen molar-refractivity contribution in [2.24, 2.45) is 0 Å². The average Bonchev–Trinajstić information content (AvgIpc) is 2.82. The molecular formula is C77H60N4O. The number of aryl methyl sites for hydroxylation is 1. The van der Waals surface area contributed by atoms with Gasteiger partial charge in [-0.3, -0.25) is 4.57 Å². The minimum Gasteiger partial charge on any atom is -0.457 e. The van der Waals surface area contributed by atoms with Gasteiger partial charge in [-0.15, -0.1) is 0 Å². The first-order chi connectivity index (χ1) is 41.4. The number of pyridine rings is 1. The van der Waals surface area contributed by atoms with Crippen LogP contribution in [0, 0.1) is 6.92 Å². The maximum Gasteiger partial charge on any atom is 0.137 e. The van der Waals surface area contributed by atoms with E-state index in [2.05, 4.69) is 236 Å². The molecule has 13 aromatic rings. The lowest BCUT2D eigenvalue weighted by Crippen LogP contribution is -2.25. The van der Waals surface area contributed by atoms with Crippen molar-refractivity contribution in [2.75, 3.05) is 16.5 Å². The summed E-state index contributed by atoms with van der Waals surface area (Å²) < 4.78 is 38.3.